The van der Waals surface area contributed by atoms with Crippen LogP contribution < -0.4 is 0 Å². The first kappa shape index (κ1) is 18.3. The molecular weight excluding hydrogens is 353 g/mol. The molecule has 0 radical (unpaired) electrons. The molecule has 1 aliphatic heterocycles. The third kappa shape index (κ3) is 3.44. The quantitative estimate of drug-likeness (QED) is 0.387. The average molecular weight is 369 g/mol. The van der Waals surface area contributed by atoms with Gasteiger partial charge in [0.1, 0.15) is 18.1 Å². The topological polar surface area (TPSA) is 83.9 Å². The van der Waals surface area contributed by atoms with Crippen LogP contribution in [0.15, 0.2) is 60.2 Å². The summed E-state index contributed by atoms with van der Waals surface area (Å²) >= 11 is 0. The Balaban J connectivity index is 2.19. The van der Waals surface area contributed by atoms with Crippen LogP contribution in [0.1, 0.15) is 17.2 Å². The molecule has 0 aromatic heterocycles. The zero-order valence-electron chi connectivity index (χ0n) is 14.4. The summed E-state index contributed by atoms with van der Waals surface area (Å²) in [6, 6.07) is 12.4. The van der Waals surface area contributed by atoms with Crippen molar-refractivity contribution in [3.8, 4) is 0 Å². The van der Waals surface area contributed by atoms with Gasteiger partial charge in [0.2, 0.25) is 0 Å². The molecule has 1 amide bonds. The fourth-order valence-electron chi connectivity index (χ4n) is 3.02. The molecular formula is C20H16FNO5. The van der Waals surface area contributed by atoms with Crippen LogP contribution in [0.4, 0.5) is 4.39 Å². The molecule has 0 unspecified atom stereocenters. The molecule has 1 aliphatic rings. The first-order chi connectivity index (χ1) is 12.9. The van der Waals surface area contributed by atoms with Crippen LogP contribution in [0, 0.1) is 5.82 Å². The van der Waals surface area contributed by atoms with Crippen molar-refractivity contribution >= 4 is 23.4 Å². The standard InChI is InChI=1S/C20H16FNO5/c1-27-15(23)11-22-17(13-8-5-9-14(21)10-13)16(19(25)20(22)26)18(24)12-6-3-2-4-7-12/h2-10,17,24H,11H2,1H3/t17-/m1/s1. The number of aliphatic hydroxyl groups excluding tert-OH is 1. The number of halogens is 1. The number of hydrogen-bond acceptors (Lipinski definition) is 5. The maximum absolute atomic E-state index is 13.8. The van der Waals surface area contributed by atoms with Crippen LogP contribution >= 0.6 is 0 Å². The van der Waals surface area contributed by atoms with E-state index in [0.717, 1.165) is 18.1 Å². The Kier molecular flexibility index (Phi) is 5.03. The van der Waals surface area contributed by atoms with Crippen molar-refractivity contribution in [1.82, 2.24) is 4.90 Å². The Labute approximate surface area is 154 Å². The van der Waals surface area contributed by atoms with Gasteiger partial charge in [0, 0.05) is 5.56 Å². The van der Waals surface area contributed by atoms with Crippen LogP contribution in [-0.2, 0) is 19.1 Å². The van der Waals surface area contributed by atoms with E-state index in [2.05, 4.69) is 4.74 Å². The molecule has 0 aliphatic carbocycles. The highest BCUT2D eigenvalue weighted by molar-refractivity contribution is 6.46. The van der Waals surface area contributed by atoms with Crippen LogP contribution in [0.25, 0.3) is 5.76 Å². The molecule has 0 saturated carbocycles. The van der Waals surface area contributed by atoms with Gasteiger partial charge in [0.25, 0.3) is 11.7 Å². The summed E-state index contributed by atoms with van der Waals surface area (Å²) in [5.74, 6) is -3.62. The van der Waals surface area contributed by atoms with Gasteiger partial charge in [-0.2, -0.15) is 0 Å². The molecule has 3 rings (SSSR count). The van der Waals surface area contributed by atoms with E-state index in [1.165, 1.54) is 18.2 Å². The minimum Gasteiger partial charge on any atom is -0.507 e. The Hall–Kier alpha value is -3.48. The van der Waals surface area contributed by atoms with Gasteiger partial charge in [-0.3, -0.25) is 14.4 Å². The number of ketones is 1. The van der Waals surface area contributed by atoms with Gasteiger partial charge in [-0.15, -0.1) is 0 Å². The minimum atomic E-state index is -1.11. The molecule has 138 valence electrons. The highest BCUT2D eigenvalue weighted by atomic mass is 19.1. The summed E-state index contributed by atoms with van der Waals surface area (Å²) in [5.41, 5.74) is 0.381. The second-order valence-corrected chi connectivity index (χ2v) is 5.92. The number of rotatable bonds is 4. The third-order valence-electron chi connectivity index (χ3n) is 4.28. The lowest BCUT2D eigenvalue weighted by atomic mass is 9.95. The molecule has 1 heterocycles. The van der Waals surface area contributed by atoms with Gasteiger partial charge >= 0.3 is 5.97 Å². The summed E-state index contributed by atoms with van der Waals surface area (Å²) in [4.78, 5) is 37.8. The zero-order chi connectivity index (χ0) is 19.6. The normalized spacial score (nSPS) is 18.6. The number of ether oxygens (including phenoxy) is 1. The summed E-state index contributed by atoms with van der Waals surface area (Å²) < 4.78 is 18.4. The van der Waals surface area contributed by atoms with Gasteiger partial charge in [-0.25, -0.2) is 4.39 Å². The maximum Gasteiger partial charge on any atom is 0.325 e. The molecule has 1 atom stereocenters. The molecule has 27 heavy (non-hydrogen) atoms. The van der Waals surface area contributed by atoms with Crippen molar-refractivity contribution in [3.05, 3.63) is 77.1 Å². The molecule has 0 spiro atoms. The Morgan fingerprint density at radius 2 is 1.85 bits per heavy atom. The second-order valence-electron chi connectivity index (χ2n) is 5.92. The number of Topliss-reactive ketones (excluding diaryl/α,β-unsaturated/α-hetero) is 1. The molecule has 2 aromatic carbocycles. The smallest absolute Gasteiger partial charge is 0.325 e. The van der Waals surface area contributed by atoms with Crippen molar-refractivity contribution in [2.24, 2.45) is 0 Å². The van der Waals surface area contributed by atoms with Gasteiger partial charge < -0.3 is 14.7 Å². The van der Waals surface area contributed by atoms with E-state index in [1.54, 1.807) is 30.3 Å². The molecule has 1 fully saturated rings. The predicted molar refractivity (Wildman–Crippen MR) is 93.9 cm³/mol. The monoisotopic (exact) mass is 369 g/mol. The summed E-state index contributed by atoms with van der Waals surface area (Å²) in [6.45, 7) is -0.506. The minimum absolute atomic E-state index is 0.208. The van der Waals surface area contributed by atoms with Crippen LogP contribution in [0.2, 0.25) is 0 Å². The number of esters is 1. The largest absolute Gasteiger partial charge is 0.507 e. The SMILES string of the molecule is COC(=O)CN1C(=O)C(=O)C(=C(O)c2ccccc2)[C@H]1c1cccc(F)c1. The zero-order valence-corrected chi connectivity index (χ0v) is 14.4. The fraction of sp³-hybridized carbons (Fsp3) is 0.150. The van der Waals surface area contributed by atoms with E-state index in [4.69, 9.17) is 0 Å². The number of nitrogens with zero attached hydrogens (tertiary/aromatic N) is 1. The van der Waals surface area contributed by atoms with Crippen LogP contribution in [-0.4, -0.2) is 41.3 Å². The van der Waals surface area contributed by atoms with E-state index in [-0.39, 0.29) is 11.1 Å². The number of carbonyl (C=O) groups excluding carboxylic acids is 3. The van der Waals surface area contributed by atoms with Crippen molar-refractivity contribution in [3.63, 3.8) is 0 Å². The van der Waals surface area contributed by atoms with Gasteiger partial charge in [-0.05, 0) is 17.7 Å². The lowest BCUT2D eigenvalue weighted by Crippen LogP contribution is -2.35. The van der Waals surface area contributed by atoms with E-state index >= 15 is 0 Å². The van der Waals surface area contributed by atoms with E-state index in [1.807, 2.05) is 0 Å². The Bertz CT molecular complexity index is 938. The van der Waals surface area contributed by atoms with Gasteiger partial charge in [-0.1, -0.05) is 42.5 Å². The number of amides is 1. The number of likely N-dealkylation sites (tertiary alicyclic amines) is 1. The molecule has 7 heteroatoms. The highest BCUT2D eigenvalue weighted by Crippen LogP contribution is 2.39. The highest BCUT2D eigenvalue weighted by Gasteiger charge is 2.47. The van der Waals surface area contributed by atoms with Crippen molar-refractivity contribution in [1.29, 1.82) is 0 Å². The first-order valence-electron chi connectivity index (χ1n) is 8.10. The first-order valence-corrected chi connectivity index (χ1v) is 8.10. The van der Waals surface area contributed by atoms with Crippen molar-refractivity contribution < 1.29 is 28.6 Å². The van der Waals surface area contributed by atoms with Crippen molar-refractivity contribution in [2.75, 3.05) is 13.7 Å². The summed E-state index contributed by atoms with van der Waals surface area (Å²) in [7, 11) is 1.15. The van der Waals surface area contributed by atoms with Crippen molar-refractivity contribution in [2.45, 2.75) is 6.04 Å². The summed E-state index contributed by atoms with van der Waals surface area (Å²) in [6.07, 6.45) is 0. The molecule has 0 bridgehead atoms. The Morgan fingerprint density at radius 3 is 2.48 bits per heavy atom. The third-order valence-corrected chi connectivity index (χ3v) is 4.28. The number of carbonyl (C=O) groups is 3. The molecule has 1 saturated heterocycles. The van der Waals surface area contributed by atoms with E-state index in [0.29, 0.717) is 5.56 Å². The fourth-order valence-corrected chi connectivity index (χ4v) is 3.02. The predicted octanol–water partition coefficient (Wildman–Crippen LogP) is 2.42. The maximum atomic E-state index is 13.8. The number of hydrogen-bond donors (Lipinski definition) is 1. The lowest BCUT2D eigenvalue weighted by molar-refractivity contribution is -0.148. The molecule has 2 aromatic rings. The second kappa shape index (κ2) is 7.41. The van der Waals surface area contributed by atoms with Gasteiger partial charge in [0.05, 0.1) is 18.7 Å². The van der Waals surface area contributed by atoms with Gasteiger partial charge in [0.15, 0.2) is 0 Å². The number of benzene rings is 2. The number of methoxy groups -OCH3 is 1. The molecule has 1 N–H and O–H groups in total. The van der Waals surface area contributed by atoms with Crippen LogP contribution in [0.3, 0.4) is 0 Å². The molecule has 6 nitrogen and oxygen atoms in total. The average Bonchev–Trinajstić information content (AvgIpc) is 2.93. The number of aliphatic hydroxyl groups is 1. The van der Waals surface area contributed by atoms with E-state index < -0.39 is 41.8 Å². The van der Waals surface area contributed by atoms with Crippen LogP contribution in [0.5, 0.6) is 0 Å². The van der Waals surface area contributed by atoms with E-state index in [9.17, 15) is 23.9 Å². The lowest BCUT2D eigenvalue weighted by Gasteiger charge is -2.24. The Morgan fingerprint density at radius 1 is 1.15 bits per heavy atom. The summed E-state index contributed by atoms with van der Waals surface area (Å²) in [5, 5.41) is 10.7.